The van der Waals surface area contributed by atoms with Crippen LogP contribution in [0.2, 0.25) is 0 Å². The summed E-state index contributed by atoms with van der Waals surface area (Å²) in [6.07, 6.45) is 44.4. The summed E-state index contributed by atoms with van der Waals surface area (Å²) in [5, 5.41) is 9.46. The Labute approximate surface area is 399 Å². The lowest BCUT2D eigenvalue weighted by atomic mass is 10.1. The van der Waals surface area contributed by atoms with Crippen LogP contribution in [0.1, 0.15) is 214 Å². The Morgan fingerprint density at radius 2 is 0.769 bits per heavy atom. The fourth-order valence-corrected chi connectivity index (χ4v) is 7.14. The molecule has 0 aliphatic carbocycles. The lowest BCUT2D eigenvalue weighted by Crippen LogP contribution is -2.28. The molecule has 0 radical (unpaired) electrons. The van der Waals surface area contributed by atoms with Gasteiger partial charge in [0.05, 0.1) is 26.1 Å². The molecule has 0 spiro atoms. The second kappa shape index (κ2) is 52.6. The number of nitrogens with zero attached hydrogens (tertiary/aromatic N) is 1. The Hall–Kier alpha value is -2.34. The van der Waals surface area contributed by atoms with E-state index in [-0.39, 0.29) is 31.1 Å². The molecule has 0 saturated carbocycles. The molecule has 0 fully saturated rings. The molecule has 10 heteroatoms. The van der Waals surface area contributed by atoms with Crippen LogP contribution in [0, 0.1) is 0 Å². The van der Waals surface area contributed by atoms with Gasteiger partial charge in [-0.25, -0.2) is 0 Å². The van der Waals surface area contributed by atoms with Gasteiger partial charge >= 0.3 is 11.9 Å². The Balaban J connectivity index is 4.26. The highest BCUT2D eigenvalue weighted by Gasteiger charge is 2.15. The third-order valence-electron chi connectivity index (χ3n) is 11.0. The molecule has 0 aliphatic heterocycles. The lowest BCUT2D eigenvalue weighted by molar-refractivity contribution is -0.159. The average Bonchev–Trinajstić information content (AvgIpc) is 3.31. The topological polar surface area (TPSA) is 113 Å². The van der Waals surface area contributed by atoms with Gasteiger partial charge in [0.15, 0.2) is 12.6 Å². The minimum atomic E-state index is -0.367. The number of unbranched alkanes of at least 4 members (excludes halogenated alkanes) is 15. The molecular formula is C55H101NO9. The first-order valence-corrected chi connectivity index (χ1v) is 26.7. The van der Waals surface area contributed by atoms with Crippen LogP contribution in [0.15, 0.2) is 48.6 Å². The average molecular weight is 920 g/mol. The normalized spacial score (nSPS) is 12.7. The van der Waals surface area contributed by atoms with Crippen molar-refractivity contribution >= 4 is 11.9 Å². The summed E-state index contributed by atoms with van der Waals surface area (Å²) in [6.45, 7) is 15.1. The molecule has 0 aromatic rings. The monoisotopic (exact) mass is 920 g/mol. The van der Waals surface area contributed by atoms with Gasteiger partial charge in [-0.3, -0.25) is 9.59 Å². The largest absolute Gasteiger partial charge is 0.466 e. The zero-order valence-corrected chi connectivity index (χ0v) is 42.5. The van der Waals surface area contributed by atoms with Crippen LogP contribution in [0.4, 0.5) is 0 Å². The van der Waals surface area contributed by atoms with E-state index in [4.69, 9.17) is 28.4 Å². The van der Waals surface area contributed by atoms with E-state index in [1.807, 2.05) is 6.92 Å². The van der Waals surface area contributed by atoms with Gasteiger partial charge in [-0.2, -0.15) is 0 Å². The predicted molar refractivity (Wildman–Crippen MR) is 270 cm³/mol. The zero-order chi connectivity index (χ0) is 47.4. The van der Waals surface area contributed by atoms with Crippen molar-refractivity contribution in [2.45, 2.75) is 226 Å². The summed E-state index contributed by atoms with van der Waals surface area (Å²) in [7, 11) is 0. The number of aliphatic hydroxyl groups excluding tert-OH is 1. The third kappa shape index (κ3) is 47.9. The molecule has 65 heavy (non-hydrogen) atoms. The third-order valence-corrected chi connectivity index (χ3v) is 11.0. The van der Waals surface area contributed by atoms with Crippen LogP contribution in [-0.4, -0.2) is 100 Å². The molecule has 0 rings (SSSR count). The number of carbonyl (C=O) groups excluding carboxylic acids is 2. The highest BCUT2D eigenvalue weighted by atomic mass is 16.7. The van der Waals surface area contributed by atoms with Crippen molar-refractivity contribution in [1.29, 1.82) is 0 Å². The molecule has 1 atom stereocenters. The lowest BCUT2D eigenvalue weighted by Gasteiger charge is -2.22. The number of rotatable bonds is 51. The van der Waals surface area contributed by atoms with Crippen LogP contribution < -0.4 is 0 Å². The number of hydrogen-bond donors (Lipinski definition) is 1. The van der Waals surface area contributed by atoms with Gasteiger partial charge in [0.1, 0.15) is 0 Å². The zero-order valence-electron chi connectivity index (χ0n) is 42.5. The first-order chi connectivity index (χ1) is 32.0. The molecule has 0 bridgehead atoms. The smallest absolute Gasteiger partial charge is 0.305 e. The quantitative estimate of drug-likeness (QED) is 0.0274. The van der Waals surface area contributed by atoms with Crippen LogP contribution in [-0.2, 0) is 38.0 Å². The second-order valence-corrected chi connectivity index (χ2v) is 17.2. The minimum Gasteiger partial charge on any atom is -0.466 e. The van der Waals surface area contributed by atoms with Crippen molar-refractivity contribution in [3.05, 3.63) is 48.6 Å². The van der Waals surface area contributed by atoms with Crippen LogP contribution in [0.25, 0.3) is 0 Å². The fraction of sp³-hybridized carbons (Fsp3) is 0.818. The summed E-state index contributed by atoms with van der Waals surface area (Å²) < 4.78 is 35.3. The maximum Gasteiger partial charge on any atom is 0.305 e. The van der Waals surface area contributed by atoms with Crippen LogP contribution in [0.3, 0.4) is 0 Å². The number of carbonyl (C=O) groups is 2. The summed E-state index contributed by atoms with van der Waals surface area (Å²) >= 11 is 0. The molecule has 0 saturated heterocycles. The van der Waals surface area contributed by atoms with Crippen molar-refractivity contribution in [3.8, 4) is 0 Å². The molecule has 1 N–H and O–H groups in total. The van der Waals surface area contributed by atoms with E-state index in [1.54, 1.807) is 0 Å². The highest BCUT2D eigenvalue weighted by molar-refractivity contribution is 5.69. The fourth-order valence-electron chi connectivity index (χ4n) is 7.14. The molecule has 0 aromatic carbocycles. The standard InChI is InChI=1S/C55H101NO9/c1-5-9-13-17-24-34-49-63-54(62-48-33-23-16-12-8-4)40-39-53(59)61-47-32-28-22-30-43-56(44-37-45-57)42-29-21-20-27-31-46-60-52(58)38-41-55(64-50-35-25-18-14-10-6-2)65-51-36-26-19-15-11-7-3/h8-15,54-55,57H,5-7,16-51H2,1-4H3/b12-8-,13-9-,14-10-,15-11-. The van der Waals surface area contributed by atoms with Crippen molar-refractivity contribution in [2.75, 3.05) is 65.9 Å². The predicted octanol–water partition coefficient (Wildman–Crippen LogP) is 13.7. The minimum absolute atomic E-state index is 0.174. The number of hydrogen-bond acceptors (Lipinski definition) is 10. The van der Waals surface area contributed by atoms with Gasteiger partial charge in [0.25, 0.3) is 0 Å². The first-order valence-electron chi connectivity index (χ1n) is 26.7. The first kappa shape index (κ1) is 62.7. The number of esters is 2. The molecule has 380 valence electrons. The van der Waals surface area contributed by atoms with Crippen molar-refractivity contribution < 1.29 is 43.1 Å². The van der Waals surface area contributed by atoms with E-state index in [1.165, 1.54) is 0 Å². The summed E-state index contributed by atoms with van der Waals surface area (Å²) in [6, 6.07) is 0. The molecule has 10 nitrogen and oxygen atoms in total. The van der Waals surface area contributed by atoms with Crippen LogP contribution >= 0.6 is 0 Å². The van der Waals surface area contributed by atoms with E-state index in [0.29, 0.717) is 65.3 Å². The van der Waals surface area contributed by atoms with E-state index in [2.05, 4.69) is 74.3 Å². The van der Waals surface area contributed by atoms with E-state index in [9.17, 15) is 14.7 Å². The van der Waals surface area contributed by atoms with Gasteiger partial charge < -0.3 is 38.4 Å². The second-order valence-electron chi connectivity index (χ2n) is 17.2. The van der Waals surface area contributed by atoms with Crippen molar-refractivity contribution in [3.63, 3.8) is 0 Å². The maximum absolute atomic E-state index is 12.5. The SMILES string of the molecule is C/C=C\CCCCOC(CCC(=O)OCCCCCCN(CCCO)CCCCCCCOC(=O)CCC(OCCCC/C=C\CC)OCCCC/C=C\CC)OCCCC/C=C\CC. The molecule has 0 aromatic heterocycles. The Bertz CT molecular complexity index is 1100. The Kier molecular flexibility index (Phi) is 50.7. The molecule has 1 unspecified atom stereocenters. The van der Waals surface area contributed by atoms with E-state index >= 15 is 0 Å². The summed E-state index contributed by atoms with van der Waals surface area (Å²) in [5.41, 5.74) is 0. The van der Waals surface area contributed by atoms with E-state index < -0.39 is 0 Å². The van der Waals surface area contributed by atoms with Gasteiger partial charge in [-0.15, -0.1) is 0 Å². The Morgan fingerprint density at radius 3 is 1.14 bits per heavy atom. The number of ether oxygens (including phenoxy) is 6. The van der Waals surface area contributed by atoms with Gasteiger partial charge in [0, 0.05) is 52.4 Å². The van der Waals surface area contributed by atoms with Crippen molar-refractivity contribution in [1.82, 2.24) is 4.90 Å². The molecule has 0 heterocycles. The van der Waals surface area contributed by atoms with Gasteiger partial charge in [-0.05, 0) is 148 Å². The summed E-state index contributed by atoms with van der Waals surface area (Å²) in [5.74, 6) is -0.353. The number of allylic oxidation sites excluding steroid dienone is 8. The van der Waals surface area contributed by atoms with E-state index in [0.717, 1.165) is 180 Å². The van der Waals surface area contributed by atoms with Gasteiger partial charge in [0.2, 0.25) is 0 Å². The number of aliphatic hydroxyl groups is 1. The van der Waals surface area contributed by atoms with Crippen LogP contribution in [0.5, 0.6) is 0 Å². The van der Waals surface area contributed by atoms with Crippen molar-refractivity contribution in [2.24, 2.45) is 0 Å². The molecule has 0 amide bonds. The maximum atomic E-state index is 12.5. The Morgan fingerprint density at radius 1 is 0.431 bits per heavy atom. The molecule has 0 aliphatic rings. The highest BCUT2D eigenvalue weighted by Crippen LogP contribution is 2.14. The van der Waals surface area contributed by atoms with Gasteiger partial charge in [-0.1, -0.05) is 101 Å². The summed E-state index contributed by atoms with van der Waals surface area (Å²) in [4.78, 5) is 27.5. The molecular weight excluding hydrogens is 819 g/mol.